The second-order valence-electron chi connectivity index (χ2n) is 5.92. The van der Waals surface area contributed by atoms with E-state index < -0.39 is 0 Å². The third-order valence-electron chi connectivity index (χ3n) is 4.42. The third kappa shape index (κ3) is 2.60. The van der Waals surface area contributed by atoms with E-state index in [9.17, 15) is 0 Å². The van der Waals surface area contributed by atoms with Crippen molar-refractivity contribution >= 4 is 0 Å². The molecular formula is C16H26N2. The van der Waals surface area contributed by atoms with Crippen LogP contribution in [0.25, 0.3) is 0 Å². The first-order valence-electron chi connectivity index (χ1n) is 7.06. The van der Waals surface area contributed by atoms with Gasteiger partial charge < -0.3 is 5.73 Å². The lowest BCUT2D eigenvalue weighted by molar-refractivity contribution is 0.200. The van der Waals surface area contributed by atoms with Gasteiger partial charge in [0, 0.05) is 18.6 Å². The van der Waals surface area contributed by atoms with Crippen molar-refractivity contribution in [3.8, 4) is 0 Å². The number of nitrogens with zero attached hydrogens (tertiary/aromatic N) is 1. The number of benzene rings is 1. The molecule has 1 aliphatic heterocycles. The first kappa shape index (κ1) is 13.6. The Labute approximate surface area is 111 Å². The van der Waals surface area contributed by atoms with E-state index in [4.69, 9.17) is 5.73 Å². The van der Waals surface area contributed by atoms with Crippen LogP contribution < -0.4 is 5.73 Å². The molecule has 2 heteroatoms. The average Bonchev–Trinajstić information content (AvgIpc) is 2.70. The standard InChI is InChI=1S/C16H26N2/c1-11-5-6-16(12(2)7-11)14(4)18-10-15(9-17)8-13(18)3/h5-7,13-15H,8-10,17H2,1-4H3. The molecule has 1 heterocycles. The Bertz CT molecular complexity index is 414. The summed E-state index contributed by atoms with van der Waals surface area (Å²) in [5.41, 5.74) is 10.0. The van der Waals surface area contributed by atoms with Gasteiger partial charge in [0.05, 0.1) is 0 Å². The Balaban J connectivity index is 2.18. The summed E-state index contributed by atoms with van der Waals surface area (Å²) in [6.45, 7) is 11.0. The van der Waals surface area contributed by atoms with Crippen LogP contribution in [0.3, 0.4) is 0 Å². The van der Waals surface area contributed by atoms with Gasteiger partial charge in [0.1, 0.15) is 0 Å². The van der Waals surface area contributed by atoms with Crippen LogP contribution in [0.5, 0.6) is 0 Å². The highest BCUT2D eigenvalue weighted by atomic mass is 15.2. The molecule has 2 nitrogen and oxygen atoms in total. The molecule has 1 aromatic carbocycles. The summed E-state index contributed by atoms with van der Waals surface area (Å²) in [5.74, 6) is 0.674. The summed E-state index contributed by atoms with van der Waals surface area (Å²) < 4.78 is 0. The van der Waals surface area contributed by atoms with Crippen molar-refractivity contribution in [1.82, 2.24) is 4.90 Å². The van der Waals surface area contributed by atoms with E-state index in [1.165, 1.54) is 23.1 Å². The fourth-order valence-electron chi connectivity index (χ4n) is 3.35. The van der Waals surface area contributed by atoms with E-state index in [-0.39, 0.29) is 0 Å². The van der Waals surface area contributed by atoms with Crippen LogP contribution in [-0.4, -0.2) is 24.0 Å². The fraction of sp³-hybridized carbons (Fsp3) is 0.625. The van der Waals surface area contributed by atoms with E-state index >= 15 is 0 Å². The van der Waals surface area contributed by atoms with Crippen LogP contribution in [0, 0.1) is 19.8 Å². The van der Waals surface area contributed by atoms with Gasteiger partial charge in [-0.15, -0.1) is 0 Å². The summed E-state index contributed by atoms with van der Waals surface area (Å²) in [7, 11) is 0. The van der Waals surface area contributed by atoms with E-state index in [1.54, 1.807) is 0 Å². The van der Waals surface area contributed by atoms with Gasteiger partial charge in [-0.3, -0.25) is 4.90 Å². The Hall–Kier alpha value is -0.860. The van der Waals surface area contributed by atoms with E-state index in [0.717, 1.165) is 13.1 Å². The highest BCUT2D eigenvalue weighted by Gasteiger charge is 2.32. The molecule has 18 heavy (non-hydrogen) atoms. The number of rotatable bonds is 3. The number of likely N-dealkylation sites (tertiary alicyclic amines) is 1. The zero-order chi connectivity index (χ0) is 13.3. The number of aryl methyl sites for hydroxylation is 2. The molecule has 0 spiro atoms. The average molecular weight is 246 g/mol. The van der Waals surface area contributed by atoms with Crippen molar-refractivity contribution in [2.45, 2.75) is 46.2 Å². The topological polar surface area (TPSA) is 29.3 Å². The van der Waals surface area contributed by atoms with Crippen molar-refractivity contribution in [1.29, 1.82) is 0 Å². The monoisotopic (exact) mass is 246 g/mol. The molecule has 3 unspecified atom stereocenters. The van der Waals surface area contributed by atoms with Gasteiger partial charge in [-0.1, -0.05) is 23.8 Å². The summed E-state index contributed by atoms with van der Waals surface area (Å²) in [5, 5.41) is 0. The molecule has 0 aliphatic carbocycles. The van der Waals surface area contributed by atoms with Crippen molar-refractivity contribution in [2.24, 2.45) is 11.7 Å². The summed E-state index contributed by atoms with van der Waals surface area (Å²) >= 11 is 0. The molecule has 2 N–H and O–H groups in total. The molecular weight excluding hydrogens is 220 g/mol. The second-order valence-corrected chi connectivity index (χ2v) is 5.92. The van der Waals surface area contributed by atoms with Gasteiger partial charge in [0.2, 0.25) is 0 Å². The van der Waals surface area contributed by atoms with E-state index in [1.807, 2.05) is 0 Å². The molecule has 1 fully saturated rings. The minimum atomic E-state index is 0.497. The summed E-state index contributed by atoms with van der Waals surface area (Å²) in [6, 6.07) is 7.94. The first-order valence-corrected chi connectivity index (χ1v) is 7.06. The highest BCUT2D eigenvalue weighted by Crippen LogP contribution is 2.32. The smallest absolute Gasteiger partial charge is 0.0325 e. The summed E-state index contributed by atoms with van der Waals surface area (Å²) in [4.78, 5) is 2.61. The maximum atomic E-state index is 5.82. The minimum Gasteiger partial charge on any atom is -0.330 e. The zero-order valence-corrected chi connectivity index (χ0v) is 12.1. The maximum Gasteiger partial charge on any atom is 0.0325 e. The van der Waals surface area contributed by atoms with E-state index in [2.05, 4.69) is 50.8 Å². The molecule has 2 rings (SSSR count). The molecule has 0 radical (unpaired) electrons. The molecule has 3 atom stereocenters. The predicted molar refractivity (Wildman–Crippen MR) is 77.7 cm³/mol. The molecule has 0 amide bonds. The lowest BCUT2D eigenvalue weighted by Crippen LogP contribution is -2.31. The number of hydrogen-bond donors (Lipinski definition) is 1. The summed E-state index contributed by atoms with van der Waals surface area (Å²) in [6.07, 6.45) is 1.24. The van der Waals surface area contributed by atoms with Gasteiger partial charge in [-0.2, -0.15) is 0 Å². The van der Waals surface area contributed by atoms with Gasteiger partial charge in [0.25, 0.3) is 0 Å². The fourth-order valence-corrected chi connectivity index (χ4v) is 3.35. The highest BCUT2D eigenvalue weighted by molar-refractivity contribution is 5.32. The SMILES string of the molecule is Cc1ccc(C(C)N2CC(CN)CC2C)c(C)c1. The molecule has 1 aromatic rings. The molecule has 1 saturated heterocycles. The maximum absolute atomic E-state index is 5.82. The van der Waals surface area contributed by atoms with Crippen molar-refractivity contribution in [3.05, 3.63) is 34.9 Å². The van der Waals surface area contributed by atoms with Crippen LogP contribution in [0.4, 0.5) is 0 Å². The van der Waals surface area contributed by atoms with Gasteiger partial charge in [0.15, 0.2) is 0 Å². The number of nitrogens with two attached hydrogens (primary N) is 1. The largest absolute Gasteiger partial charge is 0.330 e. The second kappa shape index (κ2) is 5.41. The van der Waals surface area contributed by atoms with Crippen LogP contribution in [0.2, 0.25) is 0 Å². The van der Waals surface area contributed by atoms with Gasteiger partial charge in [-0.05, 0) is 57.7 Å². The molecule has 0 bridgehead atoms. The third-order valence-corrected chi connectivity index (χ3v) is 4.42. The lowest BCUT2D eigenvalue weighted by Gasteiger charge is -2.30. The first-order chi connectivity index (χ1) is 8.52. The van der Waals surface area contributed by atoms with Crippen LogP contribution in [0.1, 0.15) is 43.0 Å². The van der Waals surface area contributed by atoms with E-state index in [0.29, 0.717) is 18.0 Å². The Morgan fingerprint density at radius 2 is 2.11 bits per heavy atom. The Morgan fingerprint density at radius 1 is 1.39 bits per heavy atom. The predicted octanol–water partition coefficient (Wildman–Crippen LogP) is 3.03. The van der Waals surface area contributed by atoms with Gasteiger partial charge in [-0.25, -0.2) is 0 Å². The molecule has 0 saturated carbocycles. The normalized spacial score (nSPS) is 26.5. The van der Waals surface area contributed by atoms with Gasteiger partial charge >= 0.3 is 0 Å². The Kier molecular flexibility index (Phi) is 4.08. The molecule has 100 valence electrons. The van der Waals surface area contributed by atoms with Crippen LogP contribution in [0.15, 0.2) is 18.2 Å². The zero-order valence-electron chi connectivity index (χ0n) is 12.1. The van der Waals surface area contributed by atoms with Crippen LogP contribution >= 0.6 is 0 Å². The lowest BCUT2D eigenvalue weighted by atomic mass is 9.99. The van der Waals surface area contributed by atoms with Crippen molar-refractivity contribution in [3.63, 3.8) is 0 Å². The molecule has 0 aromatic heterocycles. The van der Waals surface area contributed by atoms with Crippen molar-refractivity contribution < 1.29 is 0 Å². The quantitative estimate of drug-likeness (QED) is 0.888. The van der Waals surface area contributed by atoms with Crippen molar-refractivity contribution in [2.75, 3.05) is 13.1 Å². The number of hydrogen-bond acceptors (Lipinski definition) is 2. The minimum absolute atomic E-state index is 0.497. The molecule has 1 aliphatic rings. The van der Waals surface area contributed by atoms with Crippen LogP contribution in [-0.2, 0) is 0 Å². The Morgan fingerprint density at radius 3 is 2.67 bits per heavy atom.